The molecule has 0 atom stereocenters. The van der Waals surface area contributed by atoms with Crippen molar-refractivity contribution >= 4 is 5.97 Å². The van der Waals surface area contributed by atoms with E-state index in [1.165, 1.54) is 6.92 Å². The highest BCUT2D eigenvalue weighted by Gasteiger charge is 2.19. The summed E-state index contributed by atoms with van der Waals surface area (Å²) in [6.45, 7) is 5.58. The number of carbonyl (C=O) groups is 1. The number of esters is 1. The van der Waals surface area contributed by atoms with E-state index in [4.69, 9.17) is 14.2 Å². The lowest BCUT2D eigenvalue weighted by Crippen LogP contribution is -2.09. The molecule has 0 aromatic heterocycles. The smallest absolute Gasteiger partial charge is 0.308 e. The molecule has 0 aliphatic carbocycles. The minimum Gasteiger partial charge on any atom is -0.496 e. The van der Waals surface area contributed by atoms with Crippen LogP contribution in [0.15, 0.2) is 66.7 Å². The lowest BCUT2D eigenvalue weighted by molar-refractivity contribution is -0.131. The Hall–Kier alpha value is -3.27. The molecule has 0 bridgehead atoms. The SMILES string of the molecule is COc1ccc(OC(C)=O)c(C(C)C)c1Cc1cccc(Oc2ccccc2)c1. The predicted molar refractivity (Wildman–Crippen MR) is 114 cm³/mol. The molecule has 0 saturated heterocycles. The topological polar surface area (TPSA) is 44.8 Å². The molecule has 0 saturated carbocycles. The average molecular weight is 390 g/mol. The van der Waals surface area contributed by atoms with E-state index >= 15 is 0 Å². The Balaban J connectivity index is 1.96. The number of hydrogen-bond acceptors (Lipinski definition) is 4. The Morgan fingerprint density at radius 3 is 2.24 bits per heavy atom. The number of rotatable bonds is 7. The second-order valence-corrected chi connectivity index (χ2v) is 7.15. The largest absolute Gasteiger partial charge is 0.496 e. The molecule has 3 rings (SSSR count). The van der Waals surface area contributed by atoms with Gasteiger partial charge in [0.15, 0.2) is 0 Å². The van der Waals surface area contributed by atoms with Crippen LogP contribution in [0.25, 0.3) is 0 Å². The molecule has 0 unspecified atom stereocenters. The number of hydrogen-bond donors (Lipinski definition) is 0. The first-order valence-electron chi connectivity index (χ1n) is 9.68. The van der Waals surface area contributed by atoms with Crippen LogP contribution in [-0.4, -0.2) is 13.1 Å². The van der Waals surface area contributed by atoms with Gasteiger partial charge in [-0.3, -0.25) is 4.79 Å². The number of benzene rings is 3. The maximum absolute atomic E-state index is 11.6. The molecule has 0 spiro atoms. The van der Waals surface area contributed by atoms with Gasteiger partial charge in [-0.15, -0.1) is 0 Å². The van der Waals surface area contributed by atoms with Gasteiger partial charge in [0.2, 0.25) is 0 Å². The zero-order valence-electron chi connectivity index (χ0n) is 17.3. The maximum atomic E-state index is 11.6. The van der Waals surface area contributed by atoms with E-state index < -0.39 is 0 Å². The van der Waals surface area contributed by atoms with Crippen molar-refractivity contribution in [1.82, 2.24) is 0 Å². The summed E-state index contributed by atoms with van der Waals surface area (Å²) in [6, 6.07) is 21.3. The third-order valence-corrected chi connectivity index (χ3v) is 4.58. The van der Waals surface area contributed by atoms with Gasteiger partial charge >= 0.3 is 5.97 Å². The van der Waals surface area contributed by atoms with Crippen molar-refractivity contribution in [3.8, 4) is 23.0 Å². The Labute approximate surface area is 172 Å². The molecule has 0 radical (unpaired) electrons. The second-order valence-electron chi connectivity index (χ2n) is 7.15. The third-order valence-electron chi connectivity index (χ3n) is 4.58. The summed E-state index contributed by atoms with van der Waals surface area (Å²) in [4.78, 5) is 11.6. The fourth-order valence-electron chi connectivity index (χ4n) is 3.42. The Bertz CT molecular complexity index is 977. The zero-order chi connectivity index (χ0) is 20.8. The van der Waals surface area contributed by atoms with E-state index in [0.717, 1.165) is 33.9 Å². The molecule has 0 fully saturated rings. The van der Waals surface area contributed by atoms with E-state index in [-0.39, 0.29) is 11.9 Å². The molecule has 4 nitrogen and oxygen atoms in total. The Kier molecular flexibility index (Phi) is 6.55. The number of ether oxygens (including phenoxy) is 3. The first-order chi connectivity index (χ1) is 14.0. The normalized spacial score (nSPS) is 10.7. The average Bonchev–Trinajstić information content (AvgIpc) is 2.68. The number of carbonyl (C=O) groups excluding carboxylic acids is 1. The van der Waals surface area contributed by atoms with Crippen LogP contribution in [0, 0.1) is 0 Å². The van der Waals surface area contributed by atoms with Gasteiger partial charge in [-0.05, 0) is 47.9 Å². The van der Waals surface area contributed by atoms with Gasteiger partial charge in [-0.25, -0.2) is 0 Å². The first-order valence-corrected chi connectivity index (χ1v) is 9.68. The lowest BCUT2D eigenvalue weighted by Gasteiger charge is -2.20. The van der Waals surface area contributed by atoms with Crippen LogP contribution < -0.4 is 14.2 Å². The zero-order valence-corrected chi connectivity index (χ0v) is 17.3. The van der Waals surface area contributed by atoms with Crippen molar-refractivity contribution in [3.63, 3.8) is 0 Å². The number of methoxy groups -OCH3 is 1. The number of para-hydroxylation sites is 1. The summed E-state index contributed by atoms with van der Waals surface area (Å²) >= 11 is 0. The highest BCUT2D eigenvalue weighted by atomic mass is 16.5. The molecule has 0 aliphatic heterocycles. The summed E-state index contributed by atoms with van der Waals surface area (Å²) in [5.74, 6) is 2.76. The summed E-state index contributed by atoms with van der Waals surface area (Å²) < 4.78 is 17.1. The van der Waals surface area contributed by atoms with E-state index in [2.05, 4.69) is 19.9 Å². The van der Waals surface area contributed by atoms with Crippen LogP contribution in [0.1, 0.15) is 43.4 Å². The molecule has 0 amide bonds. The van der Waals surface area contributed by atoms with Crippen molar-refractivity contribution in [2.45, 2.75) is 33.1 Å². The molecule has 0 heterocycles. The molecular formula is C25H26O4. The quantitative estimate of drug-likeness (QED) is 0.360. The van der Waals surface area contributed by atoms with Crippen LogP contribution in [-0.2, 0) is 11.2 Å². The lowest BCUT2D eigenvalue weighted by atomic mass is 9.91. The van der Waals surface area contributed by atoms with Crippen LogP contribution >= 0.6 is 0 Å². The van der Waals surface area contributed by atoms with E-state index in [9.17, 15) is 4.79 Å². The highest BCUT2D eigenvalue weighted by molar-refractivity contribution is 5.70. The minimum absolute atomic E-state index is 0.165. The van der Waals surface area contributed by atoms with E-state index in [0.29, 0.717) is 12.2 Å². The minimum atomic E-state index is -0.332. The van der Waals surface area contributed by atoms with Crippen molar-refractivity contribution in [1.29, 1.82) is 0 Å². The highest BCUT2D eigenvalue weighted by Crippen LogP contribution is 2.38. The monoisotopic (exact) mass is 390 g/mol. The summed E-state index contributed by atoms with van der Waals surface area (Å²) in [7, 11) is 1.66. The molecule has 0 N–H and O–H groups in total. The summed E-state index contributed by atoms with van der Waals surface area (Å²) in [6.07, 6.45) is 0.637. The van der Waals surface area contributed by atoms with Gasteiger partial charge in [0.1, 0.15) is 23.0 Å². The molecule has 29 heavy (non-hydrogen) atoms. The molecular weight excluding hydrogens is 364 g/mol. The van der Waals surface area contributed by atoms with Crippen LogP contribution in [0.3, 0.4) is 0 Å². The van der Waals surface area contributed by atoms with Gasteiger partial charge in [0.25, 0.3) is 0 Å². The Morgan fingerprint density at radius 1 is 0.897 bits per heavy atom. The Morgan fingerprint density at radius 2 is 1.59 bits per heavy atom. The molecule has 3 aromatic rings. The second kappa shape index (κ2) is 9.28. The standard InChI is InChI=1S/C25H26O4/c1-17(2)25-22(23(27-4)13-14-24(25)28-18(3)26)16-19-9-8-12-21(15-19)29-20-10-6-5-7-11-20/h5-15,17H,16H2,1-4H3. The van der Waals surface area contributed by atoms with Crippen molar-refractivity contribution in [2.24, 2.45) is 0 Å². The molecule has 4 heteroatoms. The van der Waals surface area contributed by atoms with E-state index in [1.807, 2.05) is 54.6 Å². The van der Waals surface area contributed by atoms with Gasteiger partial charge in [-0.2, -0.15) is 0 Å². The summed E-state index contributed by atoms with van der Waals surface area (Å²) in [5, 5.41) is 0. The van der Waals surface area contributed by atoms with E-state index in [1.54, 1.807) is 13.2 Å². The maximum Gasteiger partial charge on any atom is 0.308 e. The molecule has 150 valence electrons. The van der Waals surface area contributed by atoms with Gasteiger partial charge < -0.3 is 14.2 Å². The van der Waals surface area contributed by atoms with Crippen LogP contribution in [0.4, 0.5) is 0 Å². The van der Waals surface area contributed by atoms with Gasteiger partial charge in [-0.1, -0.05) is 44.2 Å². The van der Waals surface area contributed by atoms with Crippen molar-refractivity contribution in [3.05, 3.63) is 83.4 Å². The fraction of sp³-hybridized carbons (Fsp3) is 0.240. The van der Waals surface area contributed by atoms with Crippen molar-refractivity contribution in [2.75, 3.05) is 7.11 Å². The van der Waals surface area contributed by atoms with Crippen molar-refractivity contribution < 1.29 is 19.0 Å². The van der Waals surface area contributed by atoms with Gasteiger partial charge in [0, 0.05) is 24.5 Å². The van der Waals surface area contributed by atoms with Crippen LogP contribution in [0.2, 0.25) is 0 Å². The summed E-state index contributed by atoms with van der Waals surface area (Å²) in [5.41, 5.74) is 3.07. The van der Waals surface area contributed by atoms with Crippen LogP contribution in [0.5, 0.6) is 23.0 Å². The predicted octanol–water partition coefficient (Wildman–Crippen LogP) is 6.13. The molecule has 0 aliphatic rings. The third kappa shape index (κ3) is 5.17. The molecule has 3 aromatic carbocycles. The fourth-order valence-corrected chi connectivity index (χ4v) is 3.42. The van der Waals surface area contributed by atoms with Gasteiger partial charge in [0.05, 0.1) is 7.11 Å². The first kappa shape index (κ1) is 20.5.